The van der Waals surface area contributed by atoms with Crippen molar-refractivity contribution in [1.82, 2.24) is 10.6 Å². The molecule has 0 heterocycles. The van der Waals surface area contributed by atoms with Crippen LogP contribution in [0.1, 0.15) is 24.8 Å². The molecule has 2 rings (SSSR count). The van der Waals surface area contributed by atoms with Crippen molar-refractivity contribution in [3.05, 3.63) is 29.8 Å². The average molecular weight is 332 g/mol. The summed E-state index contributed by atoms with van der Waals surface area (Å²) in [6, 6.07) is 5.58. The fourth-order valence-corrected chi connectivity index (χ4v) is 2.12. The number of alkyl halides is 3. The van der Waals surface area contributed by atoms with Crippen LogP contribution in [0.3, 0.4) is 0 Å². The average Bonchev–Trinajstić information content (AvgIpc) is 2.47. The van der Waals surface area contributed by atoms with Crippen LogP contribution in [0, 0.1) is 0 Å². The molecule has 128 valence electrons. The van der Waals surface area contributed by atoms with E-state index in [1.54, 1.807) is 12.1 Å². The van der Waals surface area contributed by atoms with Gasteiger partial charge in [-0.3, -0.25) is 0 Å². The van der Waals surface area contributed by atoms with Crippen LogP contribution in [0.15, 0.2) is 24.3 Å². The predicted molar refractivity (Wildman–Crippen MR) is 77.0 cm³/mol. The number of urea groups is 1. The molecule has 1 aliphatic rings. The number of ether oxygens (including phenoxy) is 1. The highest BCUT2D eigenvalue weighted by atomic mass is 19.4. The molecule has 0 spiro atoms. The molecule has 8 heteroatoms. The maximum atomic E-state index is 12.0. The molecular weight excluding hydrogens is 313 g/mol. The molecule has 5 nitrogen and oxygen atoms in total. The summed E-state index contributed by atoms with van der Waals surface area (Å²) in [7, 11) is 0. The lowest BCUT2D eigenvalue weighted by Gasteiger charge is -2.36. The molecule has 1 aliphatic carbocycles. The van der Waals surface area contributed by atoms with Crippen molar-refractivity contribution in [1.29, 1.82) is 0 Å². The molecule has 0 unspecified atom stereocenters. The van der Waals surface area contributed by atoms with E-state index >= 15 is 0 Å². The van der Waals surface area contributed by atoms with Gasteiger partial charge in [0.1, 0.15) is 5.75 Å². The fraction of sp³-hybridized carbons (Fsp3) is 0.533. The lowest BCUT2D eigenvalue weighted by molar-refractivity contribution is -0.153. The van der Waals surface area contributed by atoms with E-state index in [9.17, 15) is 23.1 Å². The van der Waals surface area contributed by atoms with Crippen LogP contribution in [0.2, 0.25) is 0 Å². The van der Waals surface area contributed by atoms with Crippen LogP contribution < -0.4 is 15.4 Å². The van der Waals surface area contributed by atoms with Gasteiger partial charge in [0.15, 0.2) is 6.61 Å². The first-order chi connectivity index (χ1) is 10.8. The van der Waals surface area contributed by atoms with Gasteiger partial charge in [-0.1, -0.05) is 12.1 Å². The first-order valence-corrected chi connectivity index (χ1v) is 7.28. The molecule has 0 bridgehead atoms. The quantitative estimate of drug-likeness (QED) is 0.749. The Hall–Kier alpha value is -1.96. The number of nitrogens with one attached hydrogen (secondary N) is 2. The van der Waals surface area contributed by atoms with E-state index in [2.05, 4.69) is 15.4 Å². The second kappa shape index (κ2) is 7.08. The van der Waals surface area contributed by atoms with Gasteiger partial charge in [-0.05, 0) is 37.0 Å². The highest BCUT2D eigenvalue weighted by molar-refractivity contribution is 5.73. The molecule has 1 aromatic carbocycles. The van der Waals surface area contributed by atoms with Crippen LogP contribution in [0.5, 0.6) is 5.75 Å². The van der Waals surface area contributed by atoms with Gasteiger partial charge < -0.3 is 20.5 Å². The van der Waals surface area contributed by atoms with Gasteiger partial charge >= 0.3 is 12.2 Å². The summed E-state index contributed by atoms with van der Waals surface area (Å²) in [5, 5.41) is 15.1. The van der Waals surface area contributed by atoms with Crippen molar-refractivity contribution in [3.8, 4) is 5.75 Å². The summed E-state index contributed by atoms with van der Waals surface area (Å²) >= 11 is 0. The van der Waals surface area contributed by atoms with Crippen molar-refractivity contribution in [2.45, 2.75) is 37.6 Å². The molecule has 1 saturated carbocycles. The molecular formula is C15H19F3N2O3. The van der Waals surface area contributed by atoms with E-state index in [0.717, 1.165) is 12.0 Å². The van der Waals surface area contributed by atoms with Crippen molar-refractivity contribution >= 4 is 6.03 Å². The van der Waals surface area contributed by atoms with E-state index in [0.29, 0.717) is 12.8 Å². The van der Waals surface area contributed by atoms with Gasteiger partial charge in [0.25, 0.3) is 0 Å². The van der Waals surface area contributed by atoms with E-state index < -0.39 is 24.4 Å². The van der Waals surface area contributed by atoms with Gasteiger partial charge in [-0.25, -0.2) is 4.79 Å². The minimum Gasteiger partial charge on any atom is -0.484 e. The molecule has 2 amide bonds. The number of hydrogen-bond acceptors (Lipinski definition) is 3. The highest BCUT2D eigenvalue weighted by Gasteiger charge is 2.34. The lowest BCUT2D eigenvalue weighted by atomic mass is 9.80. The van der Waals surface area contributed by atoms with Crippen molar-refractivity contribution in [2.24, 2.45) is 0 Å². The Bertz CT molecular complexity index is 528. The molecule has 0 atom stereocenters. The van der Waals surface area contributed by atoms with Crippen LogP contribution in [0.4, 0.5) is 18.0 Å². The second-order valence-corrected chi connectivity index (χ2v) is 5.66. The Kier molecular flexibility index (Phi) is 5.35. The van der Waals surface area contributed by atoms with Crippen LogP contribution in [0.25, 0.3) is 0 Å². The maximum absolute atomic E-state index is 12.0. The second-order valence-electron chi connectivity index (χ2n) is 5.66. The first-order valence-electron chi connectivity index (χ1n) is 7.28. The number of carbonyl (C=O) groups excluding carboxylic acids is 1. The molecule has 1 aromatic rings. The van der Waals surface area contributed by atoms with Crippen LogP contribution in [-0.2, 0) is 6.54 Å². The Balaban J connectivity index is 1.70. The monoisotopic (exact) mass is 332 g/mol. The smallest absolute Gasteiger partial charge is 0.422 e. The van der Waals surface area contributed by atoms with Crippen molar-refractivity contribution < 1.29 is 27.8 Å². The minimum atomic E-state index is -4.37. The number of amides is 2. The largest absolute Gasteiger partial charge is 0.484 e. The summed E-state index contributed by atoms with van der Waals surface area (Å²) in [6.45, 7) is -0.900. The number of aliphatic hydroxyl groups is 1. The number of benzene rings is 1. The number of halogens is 3. The molecule has 0 radical (unpaired) electrons. The lowest BCUT2D eigenvalue weighted by Crippen LogP contribution is -2.49. The zero-order valence-electron chi connectivity index (χ0n) is 12.4. The van der Waals surface area contributed by atoms with Gasteiger partial charge in [0.2, 0.25) is 0 Å². The normalized spacial score (nSPS) is 16.3. The highest BCUT2D eigenvalue weighted by Crippen LogP contribution is 2.30. The Morgan fingerprint density at radius 2 is 1.87 bits per heavy atom. The first kappa shape index (κ1) is 17.4. The van der Waals surface area contributed by atoms with Gasteiger partial charge in [0, 0.05) is 13.1 Å². The summed E-state index contributed by atoms with van der Waals surface area (Å²) in [5.41, 5.74) is -0.0590. The molecule has 3 N–H and O–H groups in total. The fourth-order valence-electron chi connectivity index (χ4n) is 2.12. The summed E-state index contributed by atoms with van der Waals surface area (Å²) < 4.78 is 40.7. The Labute approximate surface area is 131 Å². The van der Waals surface area contributed by atoms with Gasteiger partial charge in [0.05, 0.1) is 5.60 Å². The third-order valence-corrected chi connectivity index (χ3v) is 3.64. The van der Waals surface area contributed by atoms with E-state index in [4.69, 9.17) is 0 Å². The number of carbonyl (C=O) groups is 1. The summed E-state index contributed by atoms with van der Waals surface area (Å²) in [4.78, 5) is 11.6. The van der Waals surface area contributed by atoms with Crippen molar-refractivity contribution in [3.63, 3.8) is 0 Å². The number of hydrogen-bond donors (Lipinski definition) is 3. The maximum Gasteiger partial charge on any atom is 0.422 e. The predicted octanol–water partition coefficient (Wildman–Crippen LogP) is 2.34. The van der Waals surface area contributed by atoms with Gasteiger partial charge in [-0.15, -0.1) is 0 Å². The molecule has 0 aromatic heterocycles. The topological polar surface area (TPSA) is 70.6 Å². The number of rotatable bonds is 6. The Morgan fingerprint density at radius 3 is 2.39 bits per heavy atom. The molecule has 23 heavy (non-hydrogen) atoms. The zero-order chi connectivity index (χ0) is 16.9. The van der Waals surface area contributed by atoms with E-state index in [1.807, 2.05) is 0 Å². The molecule has 0 aliphatic heterocycles. The third kappa shape index (κ3) is 5.97. The third-order valence-electron chi connectivity index (χ3n) is 3.64. The molecule has 1 fully saturated rings. The summed E-state index contributed by atoms with van der Waals surface area (Å²) in [5.74, 6) is 0.114. The molecule has 0 saturated heterocycles. The van der Waals surface area contributed by atoms with Crippen LogP contribution >= 0.6 is 0 Å². The Morgan fingerprint density at radius 1 is 1.22 bits per heavy atom. The minimum absolute atomic E-state index is 0.114. The zero-order valence-corrected chi connectivity index (χ0v) is 12.4. The van der Waals surface area contributed by atoms with Crippen molar-refractivity contribution in [2.75, 3.05) is 13.2 Å². The van der Waals surface area contributed by atoms with E-state index in [-0.39, 0.29) is 18.8 Å². The van der Waals surface area contributed by atoms with Gasteiger partial charge in [-0.2, -0.15) is 13.2 Å². The standard InChI is InChI=1S/C15H19F3N2O3/c16-15(17,18)10-23-12-4-2-11(3-5-12)8-19-13(21)20-9-14(22)6-1-7-14/h2-5,22H,1,6-10H2,(H2,19,20,21). The van der Waals surface area contributed by atoms with Crippen LogP contribution in [-0.4, -0.2) is 36.1 Å². The SMILES string of the molecule is O=C(NCc1ccc(OCC(F)(F)F)cc1)NCC1(O)CCC1. The van der Waals surface area contributed by atoms with E-state index in [1.165, 1.54) is 12.1 Å². The summed E-state index contributed by atoms with van der Waals surface area (Å²) in [6.07, 6.45) is -2.04.